The van der Waals surface area contributed by atoms with Crippen molar-refractivity contribution in [3.63, 3.8) is 0 Å². The third-order valence-electron chi connectivity index (χ3n) is 2.94. The number of benzene rings is 1. The number of ether oxygens (including phenoxy) is 1. The maximum Gasteiger partial charge on any atom is 0.232 e. The van der Waals surface area contributed by atoms with Crippen LogP contribution in [0.25, 0.3) is 11.3 Å². The van der Waals surface area contributed by atoms with Gasteiger partial charge in [0.15, 0.2) is 9.84 Å². The summed E-state index contributed by atoms with van der Waals surface area (Å²) in [6, 6.07) is 6.57. The van der Waals surface area contributed by atoms with Crippen LogP contribution in [-0.2, 0) is 9.84 Å². The molecule has 0 aliphatic carbocycles. The molecule has 6 heteroatoms. The Hall–Kier alpha value is -1.95. The molecule has 2 aromatic rings. The molecule has 0 aliphatic rings. The van der Waals surface area contributed by atoms with Gasteiger partial charge in [0.25, 0.3) is 0 Å². The molecule has 21 heavy (non-hydrogen) atoms. The highest BCUT2D eigenvalue weighted by molar-refractivity contribution is 7.90. The highest BCUT2D eigenvalue weighted by Gasteiger charge is 2.08. The van der Waals surface area contributed by atoms with Crippen molar-refractivity contribution in [1.29, 1.82) is 0 Å². The summed E-state index contributed by atoms with van der Waals surface area (Å²) in [6.45, 7) is 2.70. The van der Waals surface area contributed by atoms with E-state index in [2.05, 4.69) is 16.9 Å². The minimum atomic E-state index is -3.19. The Bertz CT molecular complexity index is 697. The van der Waals surface area contributed by atoms with Crippen molar-refractivity contribution < 1.29 is 13.2 Å². The predicted molar refractivity (Wildman–Crippen MR) is 81.0 cm³/mol. The minimum Gasteiger partial charge on any atom is -0.477 e. The first kappa shape index (κ1) is 15.4. The molecule has 0 radical (unpaired) electrons. The Kier molecular flexibility index (Phi) is 4.90. The van der Waals surface area contributed by atoms with Crippen LogP contribution in [0.1, 0.15) is 19.8 Å². The highest BCUT2D eigenvalue weighted by atomic mass is 32.2. The van der Waals surface area contributed by atoms with Crippen LogP contribution in [0, 0.1) is 0 Å². The lowest BCUT2D eigenvalue weighted by molar-refractivity contribution is 0.297. The summed E-state index contributed by atoms with van der Waals surface area (Å²) in [6.07, 6.45) is 6.41. The van der Waals surface area contributed by atoms with Crippen molar-refractivity contribution in [2.24, 2.45) is 0 Å². The fourth-order valence-electron chi connectivity index (χ4n) is 1.75. The van der Waals surface area contributed by atoms with Crippen LogP contribution >= 0.6 is 0 Å². The van der Waals surface area contributed by atoms with Gasteiger partial charge in [-0.1, -0.05) is 25.5 Å². The molecule has 1 heterocycles. The van der Waals surface area contributed by atoms with Crippen LogP contribution in [-0.4, -0.2) is 31.2 Å². The summed E-state index contributed by atoms with van der Waals surface area (Å²) in [5, 5.41) is 0. The smallest absolute Gasteiger partial charge is 0.232 e. The first-order valence-corrected chi connectivity index (χ1v) is 8.65. The van der Waals surface area contributed by atoms with Gasteiger partial charge in [-0.15, -0.1) is 0 Å². The van der Waals surface area contributed by atoms with Gasteiger partial charge in [0.2, 0.25) is 5.88 Å². The lowest BCUT2D eigenvalue weighted by Gasteiger charge is -2.06. The zero-order valence-electron chi connectivity index (χ0n) is 12.1. The summed E-state index contributed by atoms with van der Waals surface area (Å²) in [5.74, 6) is 0.480. The molecule has 0 N–H and O–H groups in total. The van der Waals surface area contributed by atoms with Crippen molar-refractivity contribution in [2.45, 2.75) is 24.7 Å². The zero-order valence-corrected chi connectivity index (χ0v) is 12.9. The summed E-state index contributed by atoms with van der Waals surface area (Å²) in [5.41, 5.74) is 1.46. The second-order valence-corrected chi connectivity index (χ2v) is 6.76. The molecule has 0 spiro atoms. The van der Waals surface area contributed by atoms with Crippen LogP contribution in [0.3, 0.4) is 0 Å². The van der Waals surface area contributed by atoms with Crippen LogP contribution in [0.4, 0.5) is 0 Å². The van der Waals surface area contributed by atoms with Gasteiger partial charge in [0, 0.05) is 11.8 Å². The molecule has 5 nitrogen and oxygen atoms in total. The van der Waals surface area contributed by atoms with E-state index in [9.17, 15) is 8.42 Å². The standard InChI is InChI=1S/C15H18N2O3S/c1-3-4-9-20-15-11-16-10-14(17-15)12-5-7-13(8-6-12)21(2,18)19/h5-8,10-11H,3-4,9H2,1-2H3. The molecule has 0 amide bonds. The van der Waals surface area contributed by atoms with Crippen LogP contribution in [0.15, 0.2) is 41.6 Å². The molecule has 1 aromatic heterocycles. The van der Waals surface area contributed by atoms with Crippen LogP contribution in [0.5, 0.6) is 5.88 Å². The number of hydrogen-bond acceptors (Lipinski definition) is 5. The number of aromatic nitrogens is 2. The van der Waals surface area contributed by atoms with Crippen molar-refractivity contribution in [1.82, 2.24) is 9.97 Å². The third kappa shape index (κ3) is 4.26. The second kappa shape index (κ2) is 6.67. The molecule has 112 valence electrons. The van der Waals surface area contributed by atoms with Gasteiger partial charge in [-0.2, -0.15) is 0 Å². The lowest BCUT2D eigenvalue weighted by atomic mass is 10.2. The molecule has 0 unspecified atom stereocenters. The Labute approximate surface area is 124 Å². The molecule has 1 aromatic carbocycles. The van der Waals surface area contributed by atoms with E-state index >= 15 is 0 Å². The van der Waals surface area contributed by atoms with E-state index in [1.807, 2.05) is 0 Å². The predicted octanol–water partition coefficient (Wildman–Crippen LogP) is 2.73. The molecule has 0 atom stereocenters. The van der Waals surface area contributed by atoms with Gasteiger partial charge < -0.3 is 4.74 Å². The van der Waals surface area contributed by atoms with Crippen molar-refractivity contribution in [3.05, 3.63) is 36.7 Å². The average molecular weight is 306 g/mol. The number of sulfone groups is 1. The lowest BCUT2D eigenvalue weighted by Crippen LogP contribution is -2.00. The van der Waals surface area contributed by atoms with E-state index in [-0.39, 0.29) is 4.90 Å². The number of unbranched alkanes of at least 4 members (excludes halogenated alkanes) is 1. The topological polar surface area (TPSA) is 69.2 Å². The monoisotopic (exact) mass is 306 g/mol. The van der Waals surface area contributed by atoms with Crippen molar-refractivity contribution >= 4 is 9.84 Å². The van der Waals surface area contributed by atoms with E-state index in [4.69, 9.17) is 4.74 Å². The van der Waals surface area contributed by atoms with Crippen molar-refractivity contribution in [2.75, 3.05) is 12.9 Å². The zero-order chi connectivity index (χ0) is 15.3. The molecule has 0 saturated heterocycles. The van der Waals surface area contributed by atoms with Gasteiger partial charge in [-0.05, 0) is 18.6 Å². The third-order valence-corrected chi connectivity index (χ3v) is 4.07. The Morgan fingerprint density at radius 2 is 1.86 bits per heavy atom. The number of hydrogen-bond donors (Lipinski definition) is 0. The first-order valence-electron chi connectivity index (χ1n) is 6.76. The van der Waals surface area contributed by atoms with Gasteiger partial charge in [-0.3, -0.25) is 4.98 Å². The van der Waals surface area contributed by atoms with E-state index in [1.54, 1.807) is 36.7 Å². The Balaban J connectivity index is 2.20. The number of nitrogens with zero attached hydrogens (tertiary/aromatic N) is 2. The quantitative estimate of drug-likeness (QED) is 0.768. The van der Waals surface area contributed by atoms with E-state index in [0.29, 0.717) is 18.2 Å². The van der Waals surface area contributed by atoms with E-state index in [1.165, 1.54) is 6.26 Å². The van der Waals surface area contributed by atoms with E-state index < -0.39 is 9.84 Å². The Morgan fingerprint density at radius 1 is 1.14 bits per heavy atom. The van der Waals surface area contributed by atoms with Gasteiger partial charge in [0.1, 0.15) is 0 Å². The Morgan fingerprint density at radius 3 is 2.48 bits per heavy atom. The summed E-state index contributed by atoms with van der Waals surface area (Å²) in [7, 11) is -3.19. The molecule has 0 saturated carbocycles. The van der Waals surface area contributed by atoms with Crippen LogP contribution in [0.2, 0.25) is 0 Å². The SMILES string of the molecule is CCCCOc1cncc(-c2ccc(S(C)(=O)=O)cc2)n1. The molecule has 0 bridgehead atoms. The first-order chi connectivity index (χ1) is 10.0. The maximum atomic E-state index is 11.4. The fraction of sp³-hybridized carbons (Fsp3) is 0.333. The largest absolute Gasteiger partial charge is 0.477 e. The van der Waals surface area contributed by atoms with Crippen molar-refractivity contribution in [3.8, 4) is 17.1 Å². The molecule has 2 rings (SSSR count). The highest BCUT2D eigenvalue weighted by Crippen LogP contribution is 2.20. The maximum absolute atomic E-state index is 11.4. The van der Waals surface area contributed by atoms with Gasteiger partial charge in [0.05, 0.1) is 29.6 Å². The fourth-order valence-corrected chi connectivity index (χ4v) is 2.38. The summed E-state index contributed by atoms with van der Waals surface area (Å²) in [4.78, 5) is 8.76. The van der Waals surface area contributed by atoms with Crippen LogP contribution < -0.4 is 4.74 Å². The van der Waals surface area contributed by atoms with Gasteiger partial charge in [-0.25, -0.2) is 13.4 Å². The molecule has 0 aliphatic heterocycles. The number of rotatable bonds is 6. The van der Waals surface area contributed by atoms with Gasteiger partial charge >= 0.3 is 0 Å². The second-order valence-electron chi connectivity index (χ2n) is 4.74. The molecular formula is C15H18N2O3S. The molecular weight excluding hydrogens is 288 g/mol. The summed E-state index contributed by atoms with van der Waals surface area (Å²) >= 11 is 0. The normalized spacial score (nSPS) is 11.3. The minimum absolute atomic E-state index is 0.287. The summed E-state index contributed by atoms with van der Waals surface area (Å²) < 4.78 is 28.4. The average Bonchev–Trinajstić information content (AvgIpc) is 2.47. The van der Waals surface area contributed by atoms with E-state index in [0.717, 1.165) is 18.4 Å². The molecule has 0 fully saturated rings.